The van der Waals surface area contributed by atoms with E-state index in [0.717, 1.165) is 5.56 Å². The molecular formula is C11H20N4O. The quantitative estimate of drug-likeness (QED) is 0.666. The normalized spacial score (nSPS) is 12.8. The van der Waals surface area contributed by atoms with E-state index in [4.69, 9.17) is 5.11 Å². The Hall–Kier alpha value is -1.20. The van der Waals surface area contributed by atoms with Gasteiger partial charge in [-0.3, -0.25) is 0 Å². The number of hydrogen-bond donors (Lipinski definition) is 3. The summed E-state index contributed by atoms with van der Waals surface area (Å²) in [5.74, 6) is 0.647. The van der Waals surface area contributed by atoms with Crippen molar-refractivity contribution in [3.8, 4) is 0 Å². The highest BCUT2D eigenvalue weighted by molar-refractivity contribution is 5.25. The predicted molar refractivity (Wildman–Crippen MR) is 64.2 cm³/mol. The van der Waals surface area contributed by atoms with E-state index in [-0.39, 0.29) is 6.10 Å². The molecule has 90 valence electrons. The Morgan fingerprint density at radius 1 is 1.25 bits per heavy atom. The van der Waals surface area contributed by atoms with Crippen LogP contribution in [0, 0.1) is 0 Å². The second-order valence-electron chi connectivity index (χ2n) is 4.19. The number of aliphatic hydroxyl groups is 1. The van der Waals surface area contributed by atoms with Gasteiger partial charge in [-0.1, -0.05) is 0 Å². The van der Waals surface area contributed by atoms with Crippen LogP contribution in [0.4, 0.5) is 5.95 Å². The summed E-state index contributed by atoms with van der Waals surface area (Å²) in [5, 5.41) is 15.3. The van der Waals surface area contributed by atoms with E-state index in [2.05, 4.69) is 20.6 Å². The van der Waals surface area contributed by atoms with E-state index in [1.807, 2.05) is 13.8 Å². The first-order valence-corrected chi connectivity index (χ1v) is 5.54. The molecule has 1 atom stereocenters. The molecule has 0 aliphatic carbocycles. The van der Waals surface area contributed by atoms with Gasteiger partial charge in [0.2, 0.25) is 5.95 Å². The third-order valence-corrected chi connectivity index (χ3v) is 1.89. The maximum atomic E-state index is 9.07. The minimum absolute atomic E-state index is 0.331. The van der Waals surface area contributed by atoms with Crippen molar-refractivity contribution in [1.82, 2.24) is 15.3 Å². The first-order valence-electron chi connectivity index (χ1n) is 5.54. The number of anilines is 1. The molecular weight excluding hydrogens is 204 g/mol. The van der Waals surface area contributed by atoms with Crippen molar-refractivity contribution in [2.75, 3.05) is 11.9 Å². The fourth-order valence-corrected chi connectivity index (χ4v) is 1.20. The molecule has 0 amide bonds. The number of hydrogen-bond acceptors (Lipinski definition) is 5. The van der Waals surface area contributed by atoms with Gasteiger partial charge in [-0.05, 0) is 20.8 Å². The zero-order valence-electron chi connectivity index (χ0n) is 10.1. The largest absolute Gasteiger partial charge is 0.392 e. The lowest BCUT2D eigenvalue weighted by atomic mass is 10.3. The Bertz CT molecular complexity index is 297. The van der Waals surface area contributed by atoms with Gasteiger partial charge in [-0.2, -0.15) is 0 Å². The summed E-state index contributed by atoms with van der Waals surface area (Å²) in [6, 6.07) is 0.333. The average molecular weight is 224 g/mol. The third kappa shape index (κ3) is 5.04. The van der Waals surface area contributed by atoms with Gasteiger partial charge in [-0.15, -0.1) is 0 Å². The lowest BCUT2D eigenvalue weighted by molar-refractivity contribution is 0.191. The maximum absolute atomic E-state index is 9.07. The highest BCUT2D eigenvalue weighted by atomic mass is 16.3. The lowest BCUT2D eigenvalue weighted by Crippen LogP contribution is -2.24. The minimum Gasteiger partial charge on any atom is -0.392 e. The summed E-state index contributed by atoms with van der Waals surface area (Å²) in [6.45, 7) is 7.08. The molecule has 5 heteroatoms. The molecule has 0 spiro atoms. The third-order valence-electron chi connectivity index (χ3n) is 1.89. The Labute approximate surface area is 96.3 Å². The molecule has 1 rings (SSSR count). The molecule has 0 bridgehead atoms. The fraction of sp³-hybridized carbons (Fsp3) is 0.636. The molecule has 1 aromatic rings. The first kappa shape index (κ1) is 12.9. The predicted octanol–water partition coefficient (Wildman–Crippen LogP) is 0.767. The number of rotatable bonds is 6. The molecule has 1 heterocycles. The van der Waals surface area contributed by atoms with Gasteiger partial charge in [0.15, 0.2) is 0 Å². The summed E-state index contributed by atoms with van der Waals surface area (Å²) in [6.07, 6.45) is 3.24. The topological polar surface area (TPSA) is 70.1 Å². The monoisotopic (exact) mass is 224 g/mol. The Morgan fingerprint density at radius 3 is 2.38 bits per heavy atom. The van der Waals surface area contributed by atoms with Gasteiger partial charge < -0.3 is 15.7 Å². The number of aliphatic hydroxyl groups excluding tert-OH is 1. The second-order valence-corrected chi connectivity index (χ2v) is 4.19. The standard InChI is InChI=1S/C11H20N4O/c1-8(2)15-11-13-6-10(7-14-11)5-12-4-9(3)16/h6-9,12,16H,4-5H2,1-3H3,(H,13,14,15)/t9-/m0/s1. The molecule has 1 aromatic heterocycles. The van der Waals surface area contributed by atoms with Crippen LogP contribution in [0.1, 0.15) is 26.3 Å². The van der Waals surface area contributed by atoms with Crippen LogP contribution in [0.15, 0.2) is 12.4 Å². The van der Waals surface area contributed by atoms with Crippen molar-refractivity contribution < 1.29 is 5.11 Å². The van der Waals surface area contributed by atoms with Gasteiger partial charge in [0.25, 0.3) is 0 Å². The van der Waals surface area contributed by atoms with E-state index in [9.17, 15) is 0 Å². The Morgan fingerprint density at radius 2 is 1.88 bits per heavy atom. The smallest absolute Gasteiger partial charge is 0.222 e. The summed E-state index contributed by atoms with van der Waals surface area (Å²) >= 11 is 0. The molecule has 0 aromatic carbocycles. The van der Waals surface area contributed by atoms with Crippen molar-refractivity contribution in [3.63, 3.8) is 0 Å². The molecule has 0 saturated carbocycles. The highest BCUT2D eigenvalue weighted by Crippen LogP contribution is 2.01. The number of nitrogens with zero attached hydrogens (tertiary/aromatic N) is 2. The average Bonchev–Trinajstić information content (AvgIpc) is 2.19. The number of nitrogens with one attached hydrogen (secondary N) is 2. The Balaban J connectivity index is 2.39. The number of aromatic nitrogens is 2. The Kier molecular flexibility index (Phi) is 5.14. The summed E-state index contributed by atoms with van der Waals surface area (Å²) < 4.78 is 0. The lowest BCUT2D eigenvalue weighted by Gasteiger charge is -2.09. The zero-order chi connectivity index (χ0) is 12.0. The van der Waals surface area contributed by atoms with Crippen molar-refractivity contribution in [3.05, 3.63) is 18.0 Å². The molecule has 16 heavy (non-hydrogen) atoms. The van der Waals surface area contributed by atoms with E-state index >= 15 is 0 Å². The van der Waals surface area contributed by atoms with Gasteiger partial charge in [0.05, 0.1) is 6.10 Å². The summed E-state index contributed by atoms with van der Waals surface area (Å²) in [4.78, 5) is 8.38. The van der Waals surface area contributed by atoms with Crippen LogP contribution in [0.3, 0.4) is 0 Å². The van der Waals surface area contributed by atoms with Crippen molar-refractivity contribution >= 4 is 5.95 Å². The molecule has 0 aliphatic heterocycles. The van der Waals surface area contributed by atoms with Gasteiger partial charge in [0.1, 0.15) is 0 Å². The molecule has 5 nitrogen and oxygen atoms in total. The highest BCUT2D eigenvalue weighted by Gasteiger charge is 2.00. The second kappa shape index (κ2) is 6.40. The van der Waals surface area contributed by atoms with Crippen LogP contribution in [0.25, 0.3) is 0 Å². The van der Waals surface area contributed by atoms with Crippen molar-refractivity contribution in [2.24, 2.45) is 0 Å². The minimum atomic E-state index is -0.331. The van der Waals surface area contributed by atoms with Crippen molar-refractivity contribution in [1.29, 1.82) is 0 Å². The van der Waals surface area contributed by atoms with Crippen LogP contribution < -0.4 is 10.6 Å². The summed E-state index contributed by atoms with van der Waals surface area (Å²) in [5.41, 5.74) is 1.01. The van der Waals surface area contributed by atoms with Crippen LogP contribution in [0.5, 0.6) is 0 Å². The van der Waals surface area contributed by atoms with Gasteiger partial charge >= 0.3 is 0 Å². The summed E-state index contributed by atoms with van der Waals surface area (Å²) in [7, 11) is 0. The molecule has 0 unspecified atom stereocenters. The van der Waals surface area contributed by atoms with Gasteiger partial charge in [-0.25, -0.2) is 9.97 Å². The molecule has 0 aliphatic rings. The fourth-order valence-electron chi connectivity index (χ4n) is 1.20. The van der Waals surface area contributed by atoms with E-state index in [1.165, 1.54) is 0 Å². The maximum Gasteiger partial charge on any atom is 0.222 e. The SMILES string of the molecule is CC(C)Nc1ncc(CNC[C@H](C)O)cn1. The molecule has 0 radical (unpaired) electrons. The zero-order valence-corrected chi connectivity index (χ0v) is 10.1. The van der Waals surface area contributed by atoms with E-state index < -0.39 is 0 Å². The van der Waals surface area contributed by atoms with E-state index in [0.29, 0.717) is 25.1 Å². The van der Waals surface area contributed by atoms with Crippen LogP contribution in [0.2, 0.25) is 0 Å². The van der Waals surface area contributed by atoms with Crippen LogP contribution in [-0.2, 0) is 6.54 Å². The van der Waals surface area contributed by atoms with E-state index in [1.54, 1.807) is 19.3 Å². The van der Waals surface area contributed by atoms with Crippen LogP contribution >= 0.6 is 0 Å². The molecule has 0 fully saturated rings. The van der Waals surface area contributed by atoms with Crippen molar-refractivity contribution in [2.45, 2.75) is 39.5 Å². The van der Waals surface area contributed by atoms with Crippen LogP contribution in [-0.4, -0.2) is 33.8 Å². The molecule has 3 N–H and O–H groups in total. The first-order chi connectivity index (χ1) is 7.58. The van der Waals surface area contributed by atoms with Gasteiger partial charge in [0, 0.05) is 37.1 Å². The molecule has 0 saturated heterocycles.